The molecule has 2 N–H and O–H groups in total. The van der Waals surface area contributed by atoms with Crippen LogP contribution in [0.25, 0.3) is 0 Å². The lowest BCUT2D eigenvalue weighted by atomic mass is 10.0. The summed E-state index contributed by atoms with van der Waals surface area (Å²) in [5.74, 6) is 0.309. The summed E-state index contributed by atoms with van der Waals surface area (Å²) < 4.78 is 11.6. The Hall–Kier alpha value is -4.00. The minimum absolute atomic E-state index is 0.195. The standard InChI is InChI=1S/C34H39N5O5S2/c1-34(2,3)44-33(42)37-27-30(40)39-28(32(41)43-29(23-11-7-5-8-12-23)24-13-9-6-10-14-24)25(21-46-31(27)39)15-17-45-18-16-38(4)20-26-19-35-22-36-26/h5-15,17,19,22,27,29,31H,16,18,20-21H2,1-4H3,(H,35,36)(H,37,42)/t27-,31-/m1/s1. The first-order valence-electron chi connectivity index (χ1n) is 15.0. The Bertz CT molecular complexity index is 1520. The lowest BCUT2D eigenvalue weighted by Gasteiger charge is -2.49. The molecule has 2 aromatic carbocycles. The van der Waals surface area contributed by atoms with Crippen LogP contribution in [0.3, 0.4) is 0 Å². The Labute approximate surface area is 278 Å². The molecule has 1 saturated heterocycles. The molecule has 1 aromatic heterocycles. The van der Waals surface area contributed by atoms with Gasteiger partial charge in [-0.15, -0.1) is 23.5 Å². The van der Waals surface area contributed by atoms with Crippen LogP contribution >= 0.6 is 23.5 Å². The molecule has 1 fully saturated rings. The van der Waals surface area contributed by atoms with Crippen molar-refractivity contribution >= 4 is 41.5 Å². The lowest BCUT2D eigenvalue weighted by Crippen LogP contribution is -2.70. The number of thioether (sulfide) groups is 2. The first kappa shape index (κ1) is 33.4. The molecule has 3 aromatic rings. The number of aromatic nitrogens is 2. The monoisotopic (exact) mass is 661 g/mol. The number of benzene rings is 2. The van der Waals surface area contributed by atoms with Gasteiger partial charge in [0.05, 0.1) is 6.33 Å². The molecule has 3 heterocycles. The molecule has 5 rings (SSSR count). The van der Waals surface area contributed by atoms with E-state index in [1.165, 1.54) is 16.7 Å². The van der Waals surface area contributed by atoms with Gasteiger partial charge in [0.2, 0.25) is 0 Å². The second kappa shape index (κ2) is 15.1. The fraction of sp³-hybridized carbons (Fsp3) is 0.353. The Balaban J connectivity index is 1.35. The van der Waals surface area contributed by atoms with Gasteiger partial charge in [-0.2, -0.15) is 0 Å². The summed E-state index contributed by atoms with van der Waals surface area (Å²) in [6, 6.07) is 18.2. The molecule has 0 aliphatic carbocycles. The molecule has 2 amide bonds. The van der Waals surface area contributed by atoms with E-state index >= 15 is 0 Å². The number of fused-ring (bicyclic) bond motifs is 1. The Morgan fingerprint density at radius 3 is 2.43 bits per heavy atom. The van der Waals surface area contributed by atoms with Crippen LogP contribution in [0.2, 0.25) is 0 Å². The highest BCUT2D eigenvalue weighted by Gasteiger charge is 2.54. The molecule has 0 bridgehead atoms. The molecule has 0 radical (unpaired) electrons. The van der Waals surface area contributed by atoms with Crippen molar-refractivity contribution in [1.82, 2.24) is 25.1 Å². The van der Waals surface area contributed by atoms with Gasteiger partial charge in [-0.3, -0.25) is 14.6 Å². The second-order valence-corrected chi connectivity index (χ2v) is 14.1. The summed E-state index contributed by atoms with van der Waals surface area (Å²) in [5.41, 5.74) is 2.85. The number of ether oxygens (including phenoxy) is 2. The number of β-lactam (4-membered cyclic amide) rings is 1. The van der Waals surface area contributed by atoms with Gasteiger partial charge in [-0.05, 0) is 56.0 Å². The molecule has 0 saturated carbocycles. The number of H-pyrrole nitrogens is 1. The minimum atomic E-state index is -0.813. The summed E-state index contributed by atoms with van der Waals surface area (Å²) in [7, 11) is 2.05. The van der Waals surface area contributed by atoms with Crippen molar-refractivity contribution in [2.24, 2.45) is 0 Å². The molecule has 12 heteroatoms. The fourth-order valence-corrected chi connectivity index (χ4v) is 7.22. The molecule has 0 spiro atoms. The number of hydrogen-bond donors (Lipinski definition) is 2. The Morgan fingerprint density at radius 1 is 1.15 bits per heavy atom. The molecule has 0 unspecified atom stereocenters. The number of nitrogens with one attached hydrogen (secondary N) is 2. The van der Waals surface area contributed by atoms with Gasteiger partial charge < -0.3 is 19.8 Å². The molecule has 242 valence electrons. The van der Waals surface area contributed by atoms with Crippen LogP contribution in [0.5, 0.6) is 0 Å². The van der Waals surface area contributed by atoms with Gasteiger partial charge in [0.25, 0.3) is 5.91 Å². The van der Waals surface area contributed by atoms with E-state index in [9.17, 15) is 14.4 Å². The zero-order valence-corrected chi connectivity index (χ0v) is 28.0. The van der Waals surface area contributed by atoms with Crippen LogP contribution in [0.4, 0.5) is 4.79 Å². The topological polar surface area (TPSA) is 117 Å². The number of alkyl carbamates (subject to hydrolysis) is 1. The first-order valence-corrected chi connectivity index (χ1v) is 17.1. The number of carbonyl (C=O) groups is 3. The Morgan fingerprint density at radius 2 is 1.83 bits per heavy atom. The van der Waals surface area contributed by atoms with Crippen LogP contribution in [-0.2, 0) is 25.6 Å². The third-order valence-electron chi connectivity index (χ3n) is 7.24. The highest BCUT2D eigenvalue weighted by molar-refractivity contribution is 8.02. The number of nitrogens with zero attached hydrogens (tertiary/aromatic N) is 3. The lowest BCUT2D eigenvalue weighted by molar-refractivity contribution is -0.153. The van der Waals surface area contributed by atoms with Crippen LogP contribution < -0.4 is 5.32 Å². The van der Waals surface area contributed by atoms with E-state index in [4.69, 9.17) is 9.47 Å². The number of amides is 2. The molecular weight excluding hydrogens is 623 g/mol. The van der Waals surface area contributed by atoms with Gasteiger partial charge in [0.15, 0.2) is 6.10 Å². The zero-order chi connectivity index (χ0) is 32.7. The van der Waals surface area contributed by atoms with Crippen molar-refractivity contribution in [2.45, 2.75) is 50.4 Å². The van der Waals surface area contributed by atoms with E-state index in [0.29, 0.717) is 11.3 Å². The smallest absolute Gasteiger partial charge is 0.408 e. The average Bonchev–Trinajstić information content (AvgIpc) is 3.54. The fourth-order valence-electron chi connectivity index (χ4n) is 5.09. The number of aromatic amines is 1. The van der Waals surface area contributed by atoms with E-state index in [-0.39, 0.29) is 11.6 Å². The minimum Gasteiger partial charge on any atom is -0.448 e. The summed E-state index contributed by atoms with van der Waals surface area (Å²) in [6.07, 6.45) is 4.03. The molecule has 46 heavy (non-hydrogen) atoms. The normalized spacial score (nSPS) is 18.1. The van der Waals surface area contributed by atoms with Gasteiger partial charge >= 0.3 is 12.1 Å². The Kier molecular flexibility index (Phi) is 10.9. The summed E-state index contributed by atoms with van der Waals surface area (Å²) in [6.45, 7) is 6.90. The molecule has 2 aliphatic rings. The van der Waals surface area contributed by atoms with Gasteiger partial charge in [0, 0.05) is 36.5 Å². The van der Waals surface area contributed by atoms with Crippen LogP contribution in [0.15, 0.2) is 95.9 Å². The zero-order valence-electron chi connectivity index (χ0n) is 26.3. The van der Waals surface area contributed by atoms with Crippen LogP contribution in [0.1, 0.15) is 43.7 Å². The largest absolute Gasteiger partial charge is 0.448 e. The summed E-state index contributed by atoms with van der Waals surface area (Å²) >= 11 is 3.11. The highest BCUT2D eigenvalue weighted by Crippen LogP contribution is 2.42. The average molecular weight is 662 g/mol. The van der Waals surface area contributed by atoms with Gasteiger partial charge in [-0.25, -0.2) is 14.6 Å². The second-order valence-electron chi connectivity index (χ2n) is 12.0. The van der Waals surface area contributed by atoms with E-state index in [1.54, 1.807) is 38.9 Å². The number of esters is 1. The van der Waals surface area contributed by atoms with E-state index in [0.717, 1.165) is 35.7 Å². The van der Waals surface area contributed by atoms with E-state index in [1.807, 2.05) is 85.4 Å². The summed E-state index contributed by atoms with van der Waals surface area (Å²) in [4.78, 5) is 51.0. The summed E-state index contributed by atoms with van der Waals surface area (Å²) in [5, 5.41) is 4.19. The van der Waals surface area contributed by atoms with Gasteiger partial charge in [-0.1, -0.05) is 60.7 Å². The number of imidazole rings is 1. The van der Waals surface area contributed by atoms with E-state index in [2.05, 4.69) is 20.2 Å². The SMILES string of the molecule is CN(CCSC=CC1=C(C(=O)OC(c2ccccc2)c2ccccc2)N2C(=O)[C@@H](NC(=O)OC(C)(C)C)[C@H]2SC1)Cc1cnc[nH]1. The quantitative estimate of drug-likeness (QED) is 0.148. The van der Waals surface area contributed by atoms with Crippen LogP contribution in [0, 0.1) is 0 Å². The van der Waals surface area contributed by atoms with Crippen LogP contribution in [-0.4, -0.2) is 79.9 Å². The molecule has 10 nitrogen and oxygen atoms in total. The van der Waals surface area contributed by atoms with E-state index < -0.39 is 35.2 Å². The third-order valence-corrected chi connectivity index (χ3v) is 9.29. The molecule has 2 aliphatic heterocycles. The van der Waals surface area contributed by atoms with Gasteiger partial charge in [0.1, 0.15) is 22.7 Å². The molecule has 2 atom stereocenters. The first-order chi connectivity index (χ1) is 22.1. The molecular formula is C34H39N5O5S2. The predicted molar refractivity (Wildman–Crippen MR) is 181 cm³/mol. The van der Waals surface area contributed by atoms with Crippen molar-refractivity contribution in [3.8, 4) is 0 Å². The third kappa shape index (κ3) is 8.42. The number of hydrogen-bond acceptors (Lipinski definition) is 9. The number of allylic oxidation sites excluding steroid dienone is 1. The van der Waals surface area contributed by atoms with Crippen molar-refractivity contribution in [3.05, 3.63) is 113 Å². The maximum Gasteiger partial charge on any atom is 0.408 e. The van der Waals surface area contributed by atoms with Crippen molar-refractivity contribution in [3.63, 3.8) is 0 Å². The van der Waals surface area contributed by atoms with Crippen molar-refractivity contribution < 1.29 is 23.9 Å². The number of rotatable bonds is 12. The maximum atomic E-state index is 14.1. The van der Waals surface area contributed by atoms with Crippen molar-refractivity contribution in [2.75, 3.05) is 25.1 Å². The highest BCUT2D eigenvalue weighted by atomic mass is 32.2. The maximum absolute atomic E-state index is 14.1. The predicted octanol–water partition coefficient (Wildman–Crippen LogP) is 5.48. The van der Waals surface area contributed by atoms with Crippen molar-refractivity contribution in [1.29, 1.82) is 0 Å². The number of carbonyl (C=O) groups excluding carboxylic acids is 3.